The van der Waals surface area contributed by atoms with Gasteiger partial charge in [0.1, 0.15) is 12.4 Å². The quantitative estimate of drug-likeness (QED) is 0.489. The van der Waals surface area contributed by atoms with Gasteiger partial charge in [0, 0.05) is 24.4 Å². The molecule has 0 aliphatic carbocycles. The molecule has 30 heavy (non-hydrogen) atoms. The predicted molar refractivity (Wildman–Crippen MR) is 115 cm³/mol. The number of aromatic nitrogens is 5. The molecule has 0 fully saturated rings. The van der Waals surface area contributed by atoms with Gasteiger partial charge in [0.25, 0.3) is 0 Å². The number of halogens is 1. The summed E-state index contributed by atoms with van der Waals surface area (Å²) in [5, 5.41) is 8.36. The van der Waals surface area contributed by atoms with Crippen LogP contribution in [-0.2, 0) is 13.7 Å². The van der Waals surface area contributed by atoms with Gasteiger partial charge in [-0.3, -0.25) is 4.98 Å². The highest BCUT2D eigenvalue weighted by atomic mass is 35.5. The molecule has 8 heteroatoms. The summed E-state index contributed by atoms with van der Waals surface area (Å²) in [6.07, 6.45) is 1.72. The summed E-state index contributed by atoms with van der Waals surface area (Å²) >= 11 is 6.27. The maximum atomic E-state index is 12.3. The third-order valence-corrected chi connectivity index (χ3v) is 5.22. The SMILES string of the molecule is Cc1cc(-c2ncccc2Cl)ccc1OCc1c(C)cccc1-n1nnn(C)c1=O. The van der Waals surface area contributed by atoms with Crippen molar-refractivity contribution < 1.29 is 4.74 Å². The van der Waals surface area contributed by atoms with Gasteiger partial charge in [-0.05, 0) is 71.8 Å². The molecule has 4 aromatic rings. The number of hydrogen-bond acceptors (Lipinski definition) is 5. The zero-order chi connectivity index (χ0) is 21.3. The van der Waals surface area contributed by atoms with Gasteiger partial charge in [-0.1, -0.05) is 23.7 Å². The first-order valence-corrected chi connectivity index (χ1v) is 9.75. The highest BCUT2D eigenvalue weighted by Gasteiger charge is 2.14. The van der Waals surface area contributed by atoms with Gasteiger partial charge in [0.15, 0.2) is 0 Å². The second-order valence-electron chi connectivity index (χ2n) is 6.97. The van der Waals surface area contributed by atoms with Gasteiger partial charge in [0.05, 0.1) is 16.4 Å². The highest BCUT2D eigenvalue weighted by molar-refractivity contribution is 6.33. The minimum atomic E-state index is -0.311. The lowest BCUT2D eigenvalue weighted by Crippen LogP contribution is -2.23. The Hall–Kier alpha value is -3.45. The largest absolute Gasteiger partial charge is 0.489 e. The first-order valence-electron chi connectivity index (χ1n) is 9.38. The molecule has 0 atom stereocenters. The smallest absolute Gasteiger partial charge is 0.368 e. The molecule has 0 unspecified atom stereocenters. The van der Waals surface area contributed by atoms with E-state index in [-0.39, 0.29) is 12.3 Å². The average Bonchev–Trinajstić information content (AvgIpc) is 3.06. The van der Waals surface area contributed by atoms with E-state index < -0.39 is 0 Å². The van der Waals surface area contributed by atoms with Crippen LogP contribution >= 0.6 is 11.6 Å². The second kappa shape index (κ2) is 8.12. The minimum absolute atomic E-state index is 0.287. The maximum absolute atomic E-state index is 12.3. The lowest BCUT2D eigenvalue weighted by Gasteiger charge is -2.15. The van der Waals surface area contributed by atoms with Gasteiger partial charge in [-0.2, -0.15) is 9.36 Å². The van der Waals surface area contributed by atoms with E-state index in [1.165, 1.54) is 9.36 Å². The van der Waals surface area contributed by atoms with Crippen molar-refractivity contribution in [2.45, 2.75) is 20.5 Å². The van der Waals surface area contributed by atoms with Crippen molar-refractivity contribution in [3.05, 3.63) is 86.9 Å². The maximum Gasteiger partial charge on any atom is 0.368 e. The van der Waals surface area contributed by atoms with Crippen molar-refractivity contribution in [1.29, 1.82) is 0 Å². The Balaban J connectivity index is 1.62. The normalized spacial score (nSPS) is 10.9. The summed E-state index contributed by atoms with van der Waals surface area (Å²) in [6, 6.07) is 15.1. The zero-order valence-electron chi connectivity index (χ0n) is 16.8. The fraction of sp³-hybridized carbons (Fsp3) is 0.182. The zero-order valence-corrected chi connectivity index (χ0v) is 17.6. The molecule has 7 nitrogen and oxygen atoms in total. The molecular formula is C22H20ClN5O2. The van der Waals surface area contributed by atoms with Gasteiger partial charge < -0.3 is 4.74 Å². The Morgan fingerprint density at radius 2 is 1.87 bits per heavy atom. The standard InChI is InChI=1S/C22H20ClN5O2/c1-14-6-4-8-19(28-22(29)27(3)25-26-28)17(14)13-30-20-10-9-16(12-15(20)2)21-18(23)7-5-11-24-21/h4-12H,13H2,1-3H3. The predicted octanol–water partition coefficient (Wildman–Crippen LogP) is 3.88. The number of hydrogen-bond donors (Lipinski definition) is 0. The van der Waals surface area contributed by atoms with Crippen LogP contribution in [0, 0.1) is 13.8 Å². The van der Waals surface area contributed by atoms with E-state index in [1.807, 2.05) is 56.3 Å². The number of rotatable bonds is 5. The first-order chi connectivity index (χ1) is 14.5. The molecule has 0 saturated heterocycles. The van der Waals surface area contributed by atoms with Crippen LogP contribution in [0.25, 0.3) is 16.9 Å². The van der Waals surface area contributed by atoms with Crippen LogP contribution in [0.15, 0.2) is 59.5 Å². The number of aryl methyl sites for hydroxylation is 3. The van der Waals surface area contributed by atoms with E-state index in [4.69, 9.17) is 16.3 Å². The van der Waals surface area contributed by atoms with Crippen LogP contribution in [0.2, 0.25) is 5.02 Å². The minimum Gasteiger partial charge on any atom is -0.489 e. The molecule has 2 heterocycles. The summed E-state index contributed by atoms with van der Waals surface area (Å²) in [6.45, 7) is 4.24. The second-order valence-corrected chi connectivity index (χ2v) is 7.38. The van der Waals surface area contributed by atoms with E-state index in [2.05, 4.69) is 15.4 Å². The molecule has 0 spiro atoms. The third kappa shape index (κ3) is 3.71. The van der Waals surface area contributed by atoms with Crippen molar-refractivity contribution >= 4 is 11.6 Å². The molecule has 4 rings (SSSR count). The van der Waals surface area contributed by atoms with Crippen molar-refractivity contribution in [2.24, 2.45) is 7.05 Å². The highest BCUT2D eigenvalue weighted by Crippen LogP contribution is 2.30. The van der Waals surface area contributed by atoms with Crippen LogP contribution < -0.4 is 10.4 Å². The van der Waals surface area contributed by atoms with Crippen LogP contribution in [0.1, 0.15) is 16.7 Å². The van der Waals surface area contributed by atoms with Gasteiger partial charge in [-0.25, -0.2) is 4.79 Å². The number of benzene rings is 2. The number of nitrogens with zero attached hydrogens (tertiary/aromatic N) is 5. The van der Waals surface area contributed by atoms with E-state index in [0.717, 1.165) is 33.7 Å². The van der Waals surface area contributed by atoms with Crippen LogP contribution in [0.5, 0.6) is 5.75 Å². The molecule has 2 aromatic carbocycles. The van der Waals surface area contributed by atoms with Crippen LogP contribution in [-0.4, -0.2) is 24.8 Å². The molecular weight excluding hydrogens is 402 g/mol. The fourth-order valence-corrected chi connectivity index (χ4v) is 3.48. The molecule has 0 amide bonds. The Kier molecular flexibility index (Phi) is 5.37. The molecule has 0 radical (unpaired) electrons. The van der Waals surface area contributed by atoms with Crippen molar-refractivity contribution in [3.63, 3.8) is 0 Å². The summed E-state index contributed by atoms with van der Waals surface area (Å²) in [5.41, 5.74) is 4.83. The van der Waals surface area contributed by atoms with Crippen molar-refractivity contribution in [1.82, 2.24) is 24.8 Å². The molecule has 0 bridgehead atoms. The number of ether oxygens (including phenoxy) is 1. The van der Waals surface area contributed by atoms with Crippen LogP contribution in [0.4, 0.5) is 0 Å². The van der Waals surface area contributed by atoms with Gasteiger partial charge in [-0.15, -0.1) is 0 Å². The summed E-state index contributed by atoms with van der Waals surface area (Å²) in [7, 11) is 1.57. The van der Waals surface area contributed by atoms with E-state index >= 15 is 0 Å². The summed E-state index contributed by atoms with van der Waals surface area (Å²) in [4.78, 5) is 16.7. The van der Waals surface area contributed by atoms with Crippen molar-refractivity contribution in [2.75, 3.05) is 0 Å². The summed E-state index contributed by atoms with van der Waals surface area (Å²) in [5.74, 6) is 0.742. The van der Waals surface area contributed by atoms with E-state index in [0.29, 0.717) is 10.7 Å². The summed E-state index contributed by atoms with van der Waals surface area (Å²) < 4.78 is 8.59. The van der Waals surface area contributed by atoms with E-state index in [9.17, 15) is 4.79 Å². The molecule has 0 aliphatic rings. The van der Waals surface area contributed by atoms with Crippen LogP contribution in [0.3, 0.4) is 0 Å². The molecule has 0 aliphatic heterocycles. The van der Waals surface area contributed by atoms with Gasteiger partial charge >= 0.3 is 5.69 Å². The van der Waals surface area contributed by atoms with Gasteiger partial charge in [0.2, 0.25) is 0 Å². The monoisotopic (exact) mass is 421 g/mol. The Bertz CT molecular complexity index is 1280. The lowest BCUT2D eigenvalue weighted by atomic mass is 10.1. The lowest BCUT2D eigenvalue weighted by molar-refractivity contribution is 0.302. The average molecular weight is 422 g/mol. The molecule has 0 N–H and O–H groups in total. The first kappa shape index (κ1) is 19.8. The number of tetrazole rings is 1. The topological polar surface area (TPSA) is 74.8 Å². The third-order valence-electron chi connectivity index (χ3n) is 4.91. The Morgan fingerprint density at radius 1 is 1.03 bits per heavy atom. The van der Waals surface area contributed by atoms with E-state index in [1.54, 1.807) is 19.3 Å². The fourth-order valence-electron chi connectivity index (χ4n) is 3.24. The number of pyridine rings is 1. The molecule has 152 valence electrons. The van der Waals surface area contributed by atoms with Crippen molar-refractivity contribution in [3.8, 4) is 22.7 Å². The Labute approximate surface area is 178 Å². The molecule has 2 aromatic heterocycles. The molecule has 0 saturated carbocycles. The Morgan fingerprint density at radius 3 is 2.57 bits per heavy atom.